The highest BCUT2D eigenvalue weighted by molar-refractivity contribution is 7.80. The molecule has 0 aliphatic rings. The first-order valence-electron chi connectivity index (χ1n) is 12.0. The third-order valence-corrected chi connectivity index (χ3v) is 5.44. The minimum Gasteiger partial charge on any atom is -0.338 e. The number of urea groups is 2. The molecule has 3 rings (SSSR count). The van der Waals surface area contributed by atoms with Gasteiger partial charge in [0.2, 0.25) is 17.8 Å². The Balaban J connectivity index is 1.55. The van der Waals surface area contributed by atoms with Crippen LogP contribution in [0.15, 0.2) is 50.9 Å². The second kappa shape index (κ2) is 13.8. The molecule has 0 saturated heterocycles. The van der Waals surface area contributed by atoms with Gasteiger partial charge in [-0.1, -0.05) is 6.07 Å². The highest BCUT2D eigenvalue weighted by Gasteiger charge is 2.21. The first-order chi connectivity index (χ1) is 18.6. The Kier molecular flexibility index (Phi) is 10.2. The maximum atomic E-state index is 13.0. The van der Waals surface area contributed by atoms with Crippen LogP contribution in [0.1, 0.15) is 30.7 Å². The van der Waals surface area contributed by atoms with Crippen molar-refractivity contribution in [2.24, 2.45) is 0 Å². The molecule has 0 bridgehead atoms. The Labute approximate surface area is 228 Å². The Morgan fingerprint density at radius 2 is 1.49 bits per heavy atom. The van der Waals surface area contributed by atoms with Crippen LogP contribution < -0.4 is 37.7 Å². The lowest BCUT2D eigenvalue weighted by Crippen LogP contribution is -2.46. The van der Waals surface area contributed by atoms with Gasteiger partial charge >= 0.3 is 12.1 Å². The number of rotatable bonds is 10. The smallest absolute Gasteiger partial charge is 0.322 e. The van der Waals surface area contributed by atoms with E-state index in [4.69, 9.17) is 0 Å². The number of aromatic amines is 2. The van der Waals surface area contributed by atoms with E-state index in [0.29, 0.717) is 34.8 Å². The summed E-state index contributed by atoms with van der Waals surface area (Å²) < 4.78 is 0. The van der Waals surface area contributed by atoms with Crippen molar-refractivity contribution in [2.45, 2.75) is 44.0 Å². The topological polar surface area (TPSA) is 203 Å². The summed E-state index contributed by atoms with van der Waals surface area (Å²) in [6, 6.07) is 7.19. The van der Waals surface area contributed by atoms with Crippen molar-refractivity contribution >= 4 is 48.2 Å². The van der Waals surface area contributed by atoms with E-state index in [1.165, 1.54) is 12.1 Å². The second-order valence-electron chi connectivity index (χ2n) is 8.57. The lowest BCUT2D eigenvalue weighted by molar-refractivity contribution is -0.118. The van der Waals surface area contributed by atoms with Crippen molar-refractivity contribution in [2.75, 3.05) is 22.5 Å². The monoisotopic (exact) mass is 555 g/mol. The molecule has 15 heteroatoms. The number of nitrogens with one attached hydrogen (secondary N) is 7. The molecule has 0 fully saturated rings. The molecule has 0 saturated carbocycles. The zero-order valence-corrected chi connectivity index (χ0v) is 22.1. The van der Waals surface area contributed by atoms with Crippen LogP contribution >= 0.6 is 12.6 Å². The van der Waals surface area contributed by atoms with Crippen molar-refractivity contribution in [3.63, 3.8) is 0 Å². The number of H-pyrrole nitrogens is 2. The number of benzene rings is 1. The number of carbonyl (C=O) groups excluding carboxylic acids is 3. The summed E-state index contributed by atoms with van der Waals surface area (Å²) in [6.07, 6.45) is 1.19. The zero-order valence-electron chi connectivity index (χ0n) is 21.3. The quantitative estimate of drug-likeness (QED) is 0.138. The SMILES string of the molecule is Cc1cc(=O)nc(NC(=O)NCCCCC(NC(=O)Nc2nc(=O)cc(C)[nH]2)C(=O)Nc2cccc(S)c2)[nH]1. The Hall–Kier alpha value is -4.66. The van der Waals surface area contributed by atoms with Crippen LogP contribution in [0.2, 0.25) is 0 Å². The van der Waals surface area contributed by atoms with E-state index in [0.717, 1.165) is 0 Å². The van der Waals surface area contributed by atoms with Crippen molar-refractivity contribution in [1.82, 2.24) is 30.6 Å². The van der Waals surface area contributed by atoms with Crippen LogP contribution in [0.3, 0.4) is 0 Å². The van der Waals surface area contributed by atoms with E-state index in [-0.39, 0.29) is 24.9 Å². The highest BCUT2D eigenvalue weighted by atomic mass is 32.1. The van der Waals surface area contributed by atoms with Crippen molar-refractivity contribution in [1.29, 1.82) is 0 Å². The molecule has 2 aromatic heterocycles. The maximum absolute atomic E-state index is 13.0. The number of hydrogen-bond acceptors (Lipinski definition) is 8. The van der Waals surface area contributed by atoms with E-state index >= 15 is 0 Å². The van der Waals surface area contributed by atoms with E-state index in [1.54, 1.807) is 38.1 Å². The number of hydrogen-bond donors (Lipinski definition) is 8. The second-order valence-corrected chi connectivity index (χ2v) is 9.09. The molecule has 3 aromatic rings. The minimum absolute atomic E-state index is 0.0270. The fourth-order valence-electron chi connectivity index (χ4n) is 3.49. The first kappa shape index (κ1) is 28.9. The van der Waals surface area contributed by atoms with Crippen LogP contribution in [0.5, 0.6) is 0 Å². The molecule has 0 spiro atoms. The molecule has 1 atom stereocenters. The van der Waals surface area contributed by atoms with E-state index < -0.39 is 35.1 Å². The molecular formula is C24H29N9O5S. The Morgan fingerprint density at radius 1 is 0.872 bits per heavy atom. The van der Waals surface area contributed by atoms with Gasteiger partial charge in [-0.05, 0) is 51.3 Å². The summed E-state index contributed by atoms with van der Waals surface area (Å²) in [4.78, 5) is 74.3. The number of aromatic nitrogens is 4. The molecule has 39 heavy (non-hydrogen) atoms. The summed E-state index contributed by atoms with van der Waals surface area (Å²) in [5, 5.41) is 12.9. The van der Waals surface area contributed by atoms with Gasteiger partial charge < -0.3 is 25.9 Å². The van der Waals surface area contributed by atoms with Crippen LogP contribution in [0.4, 0.5) is 27.2 Å². The first-order valence-corrected chi connectivity index (χ1v) is 12.4. The zero-order chi connectivity index (χ0) is 28.4. The van der Waals surface area contributed by atoms with Gasteiger partial charge in [-0.3, -0.25) is 25.0 Å². The number of thiol groups is 1. The fourth-order valence-corrected chi connectivity index (χ4v) is 3.71. The maximum Gasteiger partial charge on any atom is 0.322 e. The highest BCUT2D eigenvalue weighted by Crippen LogP contribution is 2.14. The van der Waals surface area contributed by atoms with Gasteiger partial charge in [0, 0.05) is 40.6 Å². The molecule has 5 amide bonds. The molecule has 2 heterocycles. The molecule has 1 aromatic carbocycles. The van der Waals surface area contributed by atoms with Gasteiger partial charge in [0.1, 0.15) is 6.04 Å². The Bertz CT molecular complexity index is 1460. The molecule has 206 valence electrons. The van der Waals surface area contributed by atoms with Crippen molar-refractivity contribution in [3.05, 3.63) is 68.5 Å². The van der Waals surface area contributed by atoms with Gasteiger partial charge in [0.05, 0.1) is 0 Å². The third kappa shape index (κ3) is 9.96. The summed E-state index contributed by atoms with van der Waals surface area (Å²) in [7, 11) is 0. The predicted octanol–water partition coefficient (Wildman–Crippen LogP) is 1.88. The molecule has 0 aliphatic heterocycles. The standard InChI is InChI=1S/C24H29N9O5S/c1-13-10-18(34)30-21(26-13)32-23(37)25-9-4-3-8-17(20(36)28-15-6-5-7-16(39)12-15)29-24(38)33-22-27-14(2)11-19(35)31-22/h5-7,10-12,17,39H,3-4,8-9H2,1-2H3,(H,28,36)(H3,25,26,30,32,34,37)(H3,27,29,31,33,35,38). The van der Waals surface area contributed by atoms with Gasteiger partial charge in [0.15, 0.2) is 0 Å². The summed E-state index contributed by atoms with van der Waals surface area (Å²) in [5.41, 5.74) is 0.561. The molecule has 1 unspecified atom stereocenters. The number of nitrogens with zero attached hydrogens (tertiary/aromatic N) is 2. The fraction of sp³-hybridized carbons (Fsp3) is 0.292. The van der Waals surface area contributed by atoms with E-state index in [1.807, 2.05) is 0 Å². The number of aryl methyl sites for hydroxylation is 2. The normalized spacial score (nSPS) is 11.3. The average molecular weight is 556 g/mol. The predicted molar refractivity (Wildman–Crippen MR) is 148 cm³/mol. The van der Waals surface area contributed by atoms with Gasteiger partial charge in [-0.2, -0.15) is 9.97 Å². The van der Waals surface area contributed by atoms with Gasteiger partial charge in [-0.15, -0.1) is 12.6 Å². The van der Waals surface area contributed by atoms with Crippen LogP contribution in [0, 0.1) is 13.8 Å². The molecule has 7 N–H and O–H groups in total. The Morgan fingerprint density at radius 3 is 2.08 bits per heavy atom. The van der Waals surface area contributed by atoms with Crippen molar-refractivity contribution in [3.8, 4) is 0 Å². The van der Waals surface area contributed by atoms with Crippen molar-refractivity contribution < 1.29 is 14.4 Å². The number of amides is 5. The molecule has 0 radical (unpaired) electrons. The molecule has 14 nitrogen and oxygen atoms in total. The summed E-state index contributed by atoms with van der Waals surface area (Å²) in [5.74, 6) is -0.492. The van der Waals surface area contributed by atoms with E-state index in [2.05, 4.69) is 59.1 Å². The number of anilines is 3. The van der Waals surface area contributed by atoms with Crippen LogP contribution in [-0.2, 0) is 4.79 Å². The minimum atomic E-state index is -0.944. The summed E-state index contributed by atoms with van der Waals surface area (Å²) in [6.45, 7) is 3.57. The van der Waals surface area contributed by atoms with Crippen LogP contribution in [-0.4, -0.2) is 50.5 Å². The largest absolute Gasteiger partial charge is 0.338 e. The molecule has 0 aliphatic carbocycles. The van der Waals surface area contributed by atoms with E-state index in [9.17, 15) is 24.0 Å². The lowest BCUT2D eigenvalue weighted by atomic mass is 10.1. The van der Waals surface area contributed by atoms with Gasteiger partial charge in [0.25, 0.3) is 11.1 Å². The van der Waals surface area contributed by atoms with Gasteiger partial charge in [-0.25, -0.2) is 9.59 Å². The number of unbranched alkanes of at least 4 members (excludes halogenated alkanes) is 1. The third-order valence-electron chi connectivity index (χ3n) is 5.16. The van der Waals surface area contributed by atoms with Crippen LogP contribution in [0.25, 0.3) is 0 Å². The summed E-state index contributed by atoms with van der Waals surface area (Å²) >= 11 is 4.27. The lowest BCUT2D eigenvalue weighted by Gasteiger charge is -2.19. The number of carbonyl (C=O) groups is 3. The average Bonchev–Trinajstić information content (AvgIpc) is 2.81. The molecular weight excluding hydrogens is 526 g/mol.